The first-order valence-electron chi connectivity index (χ1n) is 8.59. The predicted molar refractivity (Wildman–Crippen MR) is 99.3 cm³/mol. The van der Waals surface area contributed by atoms with Crippen molar-refractivity contribution >= 4 is 35.2 Å². The lowest BCUT2D eigenvalue weighted by atomic mass is 9.95. The average Bonchev–Trinajstić information content (AvgIpc) is 2.68. The molecule has 0 aliphatic carbocycles. The number of hydrogen-bond donors (Lipinski definition) is 0. The molecule has 1 atom stereocenters. The lowest BCUT2D eigenvalue weighted by molar-refractivity contribution is -0.141. The van der Waals surface area contributed by atoms with Crippen molar-refractivity contribution in [2.75, 3.05) is 45.6 Å². The van der Waals surface area contributed by atoms with E-state index in [-0.39, 0.29) is 17.7 Å². The van der Waals surface area contributed by atoms with Crippen LogP contribution in [0.4, 0.5) is 0 Å². The van der Waals surface area contributed by atoms with Gasteiger partial charge in [-0.1, -0.05) is 11.6 Å². The van der Waals surface area contributed by atoms with Gasteiger partial charge in [0.15, 0.2) is 0 Å². The van der Waals surface area contributed by atoms with Crippen molar-refractivity contribution in [3.63, 3.8) is 0 Å². The van der Waals surface area contributed by atoms with Crippen LogP contribution < -0.4 is 0 Å². The van der Waals surface area contributed by atoms with Gasteiger partial charge in [-0.2, -0.15) is 0 Å². The fourth-order valence-corrected chi connectivity index (χ4v) is 4.01. The fraction of sp³-hybridized carbons (Fsp3) is 0.556. The van der Waals surface area contributed by atoms with Gasteiger partial charge in [0.05, 0.1) is 29.7 Å². The number of amides is 2. The molecule has 5 nitrogen and oxygen atoms in total. The van der Waals surface area contributed by atoms with Crippen LogP contribution >= 0.6 is 23.4 Å². The van der Waals surface area contributed by atoms with Crippen LogP contribution in [-0.2, 0) is 9.53 Å². The van der Waals surface area contributed by atoms with E-state index in [0.29, 0.717) is 50.0 Å². The third-order valence-corrected chi connectivity index (χ3v) is 5.84. The number of halogens is 1. The second-order valence-electron chi connectivity index (χ2n) is 6.37. The van der Waals surface area contributed by atoms with Crippen molar-refractivity contribution in [1.82, 2.24) is 9.80 Å². The standard InChI is InChI=1S/C18H23ClN2O3S/c1-25-14-4-5-16(19)15(11-14)18(23)21-6-2-3-13(12-21)17(22)20-7-9-24-10-8-20/h4-5,11,13H,2-3,6-10,12H2,1H3. The van der Waals surface area contributed by atoms with Gasteiger partial charge < -0.3 is 14.5 Å². The molecule has 1 aromatic carbocycles. The minimum atomic E-state index is -0.127. The van der Waals surface area contributed by atoms with E-state index in [1.54, 1.807) is 22.7 Å². The molecule has 0 saturated carbocycles. The topological polar surface area (TPSA) is 49.9 Å². The number of morpholine rings is 1. The lowest BCUT2D eigenvalue weighted by Gasteiger charge is -2.36. The molecule has 2 aliphatic rings. The van der Waals surface area contributed by atoms with E-state index in [4.69, 9.17) is 16.3 Å². The molecule has 136 valence electrons. The van der Waals surface area contributed by atoms with Crippen LogP contribution in [0.2, 0.25) is 5.02 Å². The zero-order valence-corrected chi connectivity index (χ0v) is 15.9. The van der Waals surface area contributed by atoms with E-state index >= 15 is 0 Å². The number of piperidine rings is 1. The zero-order chi connectivity index (χ0) is 17.8. The van der Waals surface area contributed by atoms with Crippen molar-refractivity contribution in [3.8, 4) is 0 Å². The molecule has 25 heavy (non-hydrogen) atoms. The predicted octanol–water partition coefficient (Wildman–Crippen LogP) is 2.77. The van der Waals surface area contributed by atoms with E-state index < -0.39 is 0 Å². The highest BCUT2D eigenvalue weighted by atomic mass is 35.5. The Morgan fingerprint density at radius 1 is 1.20 bits per heavy atom. The molecule has 0 radical (unpaired) electrons. The Morgan fingerprint density at radius 3 is 2.68 bits per heavy atom. The van der Waals surface area contributed by atoms with Crippen molar-refractivity contribution in [1.29, 1.82) is 0 Å². The van der Waals surface area contributed by atoms with Crippen molar-refractivity contribution in [2.45, 2.75) is 17.7 Å². The molecule has 0 N–H and O–H groups in total. The Morgan fingerprint density at radius 2 is 1.96 bits per heavy atom. The molecule has 1 aromatic rings. The molecule has 2 heterocycles. The number of likely N-dealkylation sites (tertiary alicyclic amines) is 1. The van der Waals surface area contributed by atoms with Crippen LogP contribution in [-0.4, -0.2) is 67.3 Å². The van der Waals surface area contributed by atoms with Gasteiger partial charge in [0.2, 0.25) is 5.91 Å². The number of ether oxygens (including phenoxy) is 1. The molecule has 0 aromatic heterocycles. The van der Waals surface area contributed by atoms with Gasteiger partial charge in [0.1, 0.15) is 0 Å². The highest BCUT2D eigenvalue weighted by Gasteiger charge is 2.32. The maximum Gasteiger partial charge on any atom is 0.255 e. The van der Waals surface area contributed by atoms with Crippen LogP contribution in [0.15, 0.2) is 23.1 Å². The first kappa shape index (κ1) is 18.5. The van der Waals surface area contributed by atoms with Gasteiger partial charge in [-0.15, -0.1) is 11.8 Å². The van der Waals surface area contributed by atoms with Gasteiger partial charge in [-0.3, -0.25) is 9.59 Å². The van der Waals surface area contributed by atoms with Crippen LogP contribution in [0.3, 0.4) is 0 Å². The minimum Gasteiger partial charge on any atom is -0.378 e. The van der Waals surface area contributed by atoms with Gasteiger partial charge in [0.25, 0.3) is 5.91 Å². The van der Waals surface area contributed by atoms with Gasteiger partial charge in [0, 0.05) is 31.1 Å². The Hall–Kier alpha value is -1.24. The summed E-state index contributed by atoms with van der Waals surface area (Å²) in [6.07, 6.45) is 3.64. The van der Waals surface area contributed by atoms with E-state index in [1.807, 2.05) is 23.3 Å². The molecule has 3 rings (SSSR count). The molecule has 0 spiro atoms. The number of nitrogens with zero attached hydrogens (tertiary/aromatic N) is 2. The number of carbonyl (C=O) groups excluding carboxylic acids is 2. The summed E-state index contributed by atoms with van der Waals surface area (Å²) < 4.78 is 5.31. The third-order valence-electron chi connectivity index (χ3n) is 4.78. The van der Waals surface area contributed by atoms with Crippen LogP contribution in [0.5, 0.6) is 0 Å². The third kappa shape index (κ3) is 4.30. The summed E-state index contributed by atoms with van der Waals surface area (Å²) in [6.45, 7) is 3.62. The van der Waals surface area contributed by atoms with Crippen LogP contribution in [0, 0.1) is 5.92 Å². The number of carbonyl (C=O) groups is 2. The van der Waals surface area contributed by atoms with E-state index in [2.05, 4.69) is 0 Å². The monoisotopic (exact) mass is 382 g/mol. The van der Waals surface area contributed by atoms with Crippen molar-refractivity contribution in [3.05, 3.63) is 28.8 Å². The van der Waals surface area contributed by atoms with E-state index in [0.717, 1.165) is 17.7 Å². The highest BCUT2D eigenvalue weighted by Crippen LogP contribution is 2.27. The van der Waals surface area contributed by atoms with Gasteiger partial charge in [-0.05, 0) is 37.3 Å². The van der Waals surface area contributed by atoms with Gasteiger partial charge in [-0.25, -0.2) is 0 Å². The largest absolute Gasteiger partial charge is 0.378 e. The second kappa shape index (κ2) is 8.43. The number of hydrogen-bond acceptors (Lipinski definition) is 4. The highest BCUT2D eigenvalue weighted by molar-refractivity contribution is 7.98. The molecular formula is C18H23ClN2O3S. The minimum absolute atomic E-state index is 0.0830. The molecule has 2 aliphatic heterocycles. The molecule has 2 amide bonds. The normalized spacial score (nSPS) is 21.3. The zero-order valence-electron chi connectivity index (χ0n) is 14.4. The maximum absolute atomic E-state index is 12.9. The molecule has 2 saturated heterocycles. The number of thioether (sulfide) groups is 1. The fourth-order valence-electron chi connectivity index (χ4n) is 3.37. The lowest BCUT2D eigenvalue weighted by Crippen LogP contribution is -2.49. The Bertz CT molecular complexity index is 649. The smallest absolute Gasteiger partial charge is 0.255 e. The molecule has 0 bridgehead atoms. The Kier molecular flexibility index (Phi) is 6.25. The first-order chi connectivity index (χ1) is 12.1. The van der Waals surface area contributed by atoms with Crippen LogP contribution in [0.1, 0.15) is 23.2 Å². The summed E-state index contributed by atoms with van der Waals surface area (Å²) >= 11 is 7.82. The second-order valence-corrected chi connectivity index (χ2v) is 7.66. The molecular weight excluding hydrogens is 360 g/mol. The van der Waals surface area contributed by atoms with Crippen LogP contribution in [0.25, 0.3) is 0 Å². The summed E-state index contributed by atoms with van der Waals surface area (Å²) in [6, 6.07) is 5.51. The average molecular weight is 383 g/mol. The number of rotatable bonds is 3. The first-order valence-corrected chi connectivity index (χ1v) is 10.2. The van der Waals surface area contributed by atoms with E-state index in [1.165, 1.54) is 0 Å². The number of benzene rings is 1. The summed E-state index contributed by atoms with van der Waals surface area (Å²) in [5.74, 6) is -0.0663. The Labute approximate surface area is 157 Å². The summed E-state index contributed by atoms with van der Waals surface area (Å²) in [5, 5.41) is 0.462. The summed E-state index contributed by atoms with van der Waals surface area (Å²) in [7, 11) is 0. The maximum atomic E-state index is 12.9. The summed E-state index contributed by atoms with van der Waals surface area (Å²) in [4.78, 5) is 30.3. The SMILES string of the molecule is CSc1ccc(Cl)c(C(=O)N2CCCC(C(=O)N3CCOCC3)C2)c1. The Balaban J connectivity index is 1.70. The summed E-state index contributed by atoms with van der Waals surface area (Å²) in [5.41, 5.74) is 0.521. The van der Waals surface area contributed by atoms with Crippen molar-refractivity contribution in [2.24, 2.45) is 5.92 Å². The molecule has 1 unspecified atom stereocenters. The van der Waals surface area contributed by atoms with Crippen molar-refractivity contribution < 1.29 is 14.3 Å². The molecule has 7 heteroatoms. The van der Waals surface area contributed by atoms with E-state index in [9.17, 15) is 9.59 Å². The molecule has 2 fully saturated rings. The quantitative estimate of drug-likeness (QED) is 0.754. The van der Waals surface area contributed by atoms with Gasteiger partial charge >= 0.3 is 0 Å².